The van der Waals surface area contributed by atoms with Gasteiger partial charge in [-0.1, -0.05) is 18.2 Å². The summed E-state index contributed by atoms with van der Waals surface area (Å²) < 4.78 is 0. The summed E-state index contributed by atoms with van der Waals surface area (Å²) in [5.41, 5.74) is 6.96. The van der Waals surface area contributed by atoms with Gasteiger partial charge in [-0.15, -0.1) is 0 Å². The molecule has 0 saturated carbocycles. The van der Waals surface area contributed by atoms with Gasteiger partial charge in [-0.3, -0.25) is 0 Å². The van der Waals surface area contributed by atoms with Crippen molar-refractivity contribution >= 4 is 23.4 Å². The van der Waals surface area contributed by atoms with E-state index < -0.39 is 0 Å². The van der Waals surface area contributed by atoms with Crippen molar-refractivity contribution in [3.05, 3.63) is 30.3 Å². The third-order valence-electron chi connectivity index (χ3n) is 3.10. The van der Waals surface area contributed by atoms with E-state index >= 15 is 0 Å². The number of likely N-dealkylation sites (tertiary alicyclic amines) is 1. The molecule has 0 radical (unpaired) electrons. The van der Waals surface area contributed by atoms with Crippen molar-refractivity contribution in [1.82, 2.24) is 4.90 Å². The standard InChI is InChI=1S/C13H19N3S/c1-17-12-7-9-16(10-8-12)13(14)15-11-5-3-2-4-6-11/h2-6,12H,7-10H2,1H3,(H2,14,15). The molecule has 92 valence electrons. The van der Waals surface area contributed by atoms with Crippen LogP contribution in [0.2, 0.25) is 0 Å². The number of hydrogen-bond donors (Lipinski definition) is 1. The molecule has 0 bridgehead atoms. The lowest BCUT2D eigenvalue weighted by molar-refractivity contribution is 0.345. The van der Waals surface area contributed by atoms with Crippen LogP contribution in [0.3, 0.4) is 0 Å². The fourth-order valence-corrected chi connectivity index (χ4v) is 2.71. The minimum absolute atomic E-state index is 0.649. The Bertz CT molecular complexity index is 370. The first-order valence-corrected chi connectivity index (χ1v) is 7.25. The molecule has 1 aliphatic heterocycles. The minimum Gasteiger partial charge on any atom is -0.369 e. The van der Waals surface area contributed by atoms with Gasteiger partial charge in [0.05, 0.1) is 5.69 Å². The summed E-state index contributed by atoms with van der Waals surface area (Å²) in [5.74, 6) is 0.649. The van der Waals surface area contributed by atoms with Gasteiger partial charge in [0.2, 0.25) is 0 Å². The van der Waals surface area contributed by atoms with Crippen LogP contribution in [-0.4, -0.2) is 35.5 Å². The first-order chi connectivity index (χ1) is 8.29. The van der Waals surface area contributed by atoms with Gasteiger partial charge in [0.25, 0.3) is 0 Å². The van der Waals surface area contributed by atoms with E-state index in [2.05, 4.69) is 16.1 Å². The molecule has 17 heavy (non-hydrogen) atoms. The predicted molar refractivity (Wildman–Crippen MR) is 75.8 cm³/mol. The number of para-hydroxylation sites is 1. The molecule has 0 aromatic heterocycles. The van der Waals surface area contributed by atoms with E-state index in [0.717, 1.165) is 24.0 Å². The monoisotopic (exact) mass is 249 g/mol. The summed E-state index contributed by atoms with van der Waals surface area (Å²) in [6.07, 6.45) is 4.58. The smallest absolute Gasteiger partial charge is 0.196 e. The van der Waals surface area contributed by atoms with E-state index in [-0.39, 0.29) is 0 Å². The maximum absolute atomic E-state index is 6.04. The first kappa shape index (κ1) is 12.3. The van der Waals surface area contributed by atoms with E-state index in [1.807, 2.05) is 42.1 Å². The number of aliphatic imine (C=N–C) groups is 1. The number of piperidine rings is 1. The summed E-state index contributed by atoms with van der Waals surface area (Å²) in [4.78, 5) is 6.63. The van der Waals surface area contributed by atoms with E-state index in [0.29, 0.717) is 5.96 Å². The lowest BCUT2D eigenvalue weighted by Crippen LogP contribution is -2.43. The number of benzene rings is 1. The van der Waals surface area contributed by atoms with E-state index in [1.54, 1.807) is 0 Å². The second kappa shape index (κ2) is 5.96. The SMILES string of the molecule is CSC1CCN(C(N)=Nc2ccccc2)CC1. The van der Waals surface area contributed by atoms with Crippen LogP contribution in [0.15, 0.2) is 35.3 Å². The van der Waals surface area contributed by atoms with Crippen molar-refractivity contribution in [3.63, 3.8) is 0 Å². The van der Waals surface area contributed by atoms with Gasteiger partial charge in [0.15, 0.2) is 5.96 Å². The summed E-state index contributed by atoms with van der Waals surface area (Å²) in [6, 6.07) is 9.89. The number of rotatable bonds is 2. The van der Waals surface area contributed by atoms with Gasteiger partial charge in [-0.05, 0) is 31.2 Å². The van der Waals surface area contributed by atoms with Crippen molar-refractivity contribution in [2.75, 3.05) is 19.3 Å². The average molecular weight is 249 g/mol. The maximum Gasteiger partial charge on any atom is 0.196 e. The normalized spacial score (nSPS) is 18.4. The maximum atomic E-state index is 6.04. The number of nitrogens with two attached hydrogens (primary N) is 1. The van der Waals surface area contributed by atoms with Crippen molar-refractivity contribution < 1.29 is 0 Å². The molecule has 0 spiro atoms. The largest absolute Gasteiger partial charge is 0.369 e. The molecule has 2 rings (SSSR count). The summed E-state index contributed by atoms with van der Waals surface area (Å²) in [5, 5.41) is 0.788. The Kier molecular flexibility index (Phi) is 4.31. The molecule has 2 N–H and O–H groups in total. The molecule has 1 aliphatic rings. The Labute approximate surface area is 107 Å². The summed E-state index contributed by atoms with van der Waals surface area (Å²) in [6.45, 7) is 2.04. The van der Waals surface area contributed by atoms with E-state index in [1.165, 1.54) is 12.8 Å². The highest BCUT2D eigenvalue weighted by molar-refractivity contribution is 7.99. The Balaban J connectivity index is 1.97. The van der Waals surface area contributed by atoms with Gasteiger partial charge in [-0.2, -0.15) is 11.8 Å². The summed E-state index contributed by atoms with van der Waals surface area (Å²) >= 11 is 1.96. The first-order valence-electron chi connectivity index (χ1n) is 5.96. The predicted octanol–water partition coefficient (Wildman–Crippen LogP) is 2.46. The lowest BCUT2D eigenvalue weighted by Gasteiger charge is -2.31. The quantitative estimate of drug-likeness (QED) is 0.646. The topological polar surface area (TPSA) is 41.6 Å². The van der Waals surface area contributed by atoms with Gasteiger partial charge < -0.3 is 10.6 Å². The number of guanidine groups is 1. The highest BCUT2D eigenvalue weighted by Crippen LogP contribution is 2.21. The van der Waals surface area contributed by atoms with Crippen LogP contribution in [0.4, 0.5) is 5.69 Å². The van der Waals surface area contributed by atoms with Crippen LogP contribution in [0, 0.1) is 0 Å². The molecule has 0 amide bonds. The van der Waals surface area contributed by atoms with Crippen molar-refractivity contribution in [2.24, 2.45) is 10.7 Å². The molecule has 1 aromatic rings. The fourth-order valence-electron chi connectivity index (χ4n) is 2.03. The molecule has 1 saturated heterocycles. The lowest BCUT2D eigenvalue weighted by atomic mass is 10.1. The number of nitrogens with zero attached hydrogens (tertiary/aromatic N) is 2. The third-order valence-corrected chi connectivity index (χ3v) is 4.24. The molecule has 1 heterocycles. The summed E-state index contributed by atoms with van der Waals surface area (Å²) in [7, 11) is 0. The molecule has 0 unspecified atom stereocenters. The van der Waals surface area contributed by atoms with E-state index in [4.69, 9.17) is 5.73 Å². The van der Waals surface area contributed by atoms with Gasteiger partial charge in [0, 0.05) is 18.3 Å². The molecular formula is C13H19N3S. The Hall–Kier alpha value is -1.16. The zero-order valence-corrected chi connectivity index (χ0v) is 11.0. The highest BCUT2D eigenvalue weighted by atomic mass is 32.2. The number of hydrogen-bond acceptors (Lipinski definition) is 2. The minimum atomic E-state index is 0.649. The van der Waals surface area contributed by atoms with Crippen LogP contribution in [0.25, 0.3) is 0 Å². The van der Waals surface area contributed by atoms with Gasteiger partial charge >= 0.3 is 0 Å². The molecule has 0 atom stereocenters. The molecule has 1 aromatic carbocycles. The van der Waals surface area contributed by atoms with E-state index in [9.17, 15) is 0 Å². The third kappa shape index (κ3) is 3.40. The van der Waals surface area contributed by atoms with Crippen LogP contribution >= 0.6 is 11.8 Å². The van der Waals surface area contributed by atoms with Crippen LogP contribution in [0.5, 0.6) is 0 Å². The Morgan fingerprint density at radius 2 is 1.94 bits per heavy atom. The fraction of sp³-hybridized carbons (Fsp3) is 0.462. The van der Waals surface area contributed by atoms with Crippen molar-refractivity contribution in [3.8, 4) is 0 Å². The molecule has 1 fully saturated rings. The zero-order valence-electron chi connectivity index (χ0n) is 10.2. The van der Waals surface area contributed by atoms with Crippen molar-refractivity contribution in [1.29, 1.82) is 0 Å². The van der Waals surface area contributed by atoms with Crippen molar-refractivity contribution in [2.45, 2.75) is 18.1 Å². The Morgan fingerprint density at radius 3 is 2.53 bits per heavy atom. The number of thioether (sulfide) groups is 1. The second-order valence-electron chi connectivity index (χ2n) is 4.23. The molecule has 3 nitrogen and oxygen atoms in total. The Morgan fingerprint density at radius 1 is 1.29 bits per heavy atom. The van der Waals surface area contributed by atoms with Crippen LogP contribution in [-0.2, 0) is 0 Å². The van der Waals surface area contributed by atoms with Gasteiger partial charge in [0.1, 0.15) is 0 Å². The van der Waals surface area contributed by atoms with Gasteiger partial charge in [-0.25, -0.2) is 4.99 Å². The molecular weight excluding hydrogens is 230 g/mol. The zero-order chi connectivity index (χ0) is 12.1. The second-order valence-corrected chi connectivity index (χ2v) is 5.37. The molecule has 0 aliphatic carbocycles. The highest BCUT2D eigenvalue weighted by Gasteiger charge is 2.19. The molecule has 4 heteroatoms. The van der Waals surface area contributed by atoms with Crippen LogP contribution in [0.1, 0.15) is 12.8 Å². The van der Waals surface area contributed by atoms with Crippen LogP contribution < -0.4 is 5.73 Å². The average Bonchev–Trinajstić information content (AvgIpc) is 2.40.